The van der Waals surface area contributed by atoms with Crippen molar-refractivity contribution >= 4 is 23.4 Å². The summed E-state index contributed by atoms with van der Waals surface area (Å²) in [6, 6.07) is 3.97. The molecule has 2 aromatic heterocycles. The van der Waals surface area contributed by atoms with Gasteiger partial charge in [0.05, 0.1) is 13.2 Å². The van der Waals surface area contributed by atoms with Gasteiger partial charge in [0, 0.05) is 50.9 Å². The van der Waals surface area contributed by atoms with Gasteiger partial charge in [-0.1, -0.05) is 0 Å². The monoisotopic (exact) mass is 396 g/mol. The standard InChI is InChI=1S/C21H28N6O2/c1-15-12-18(23-16(2)28)22-14-17(15)21-24-19(26-6-4-3-5-7-26)13-20(25-21)27-8-10-29-11-9-27/h12-14H,3-11H2,1-2H3,(H,22,23,28). The minimum Gasteiger partial charge on any atom is -0.378 e. The molecular formula is C21H28N6O2. The predicted octanol–water partition coefficient (Wildman–Crippen LogP) is 2.63. The van der Waals surface area contributed by atoms with Crippen LogP contribution in [0.5, 0.6) is 0 Å². The van der Waals surface area contributed by atoms with Crippen molar-refractivity contribution in [2.45, 2.75) is 33.1 Å². The molecule has 2 saturated heterocycles. The van der Waals surface area contributed by atoms with E-state index in [-0.39, 0.29) is 5.91 Å². The van der Waals surface area contributed by atoms with Gasteiger partial charge in [0.25, 0.3) is 0 Å². The Morgan fingerprint density at radius 2 is 1.66 bits per heavy atom. The Morgan fingerprint density at radius 3 is 2.28 bits per heavy atom. The number of ether oxygens (including phenoxy) is 1. The number of hydrogen-bond donors (Lipinski definition) is 1. The lowest BCUT2D eigenvalue weighted by atomic mass is 10.1. The Morgan fingerprint density at radius 1 is 1.00 bits per heavy atom. The Bertz CT molecular complexity index is 839. The largest absolute Gasteiger partial charge is 0.378 e. The summed E-state index contributed by atoms with van der Waals surface area (Å²) in [4.78, 5) is 30.1. The van der Waals surface area contributed by atoms with Crippen LogP contribution in [0.2, 0.25) is 0 Å². The van der Waals surface area contributed by atoms with Crippen molar-refractivity contribution in [3.63, 3.8) is 0 Å². The molecule has 4 heterocycles. The van der Waals surface area contributed by atoms with Crippen molar-refractivity contribution in [3.8, 4) is 11.4 Å². The summed E-state index contributed by atoms with van der Waals surface area (Å²) >= 11 is 0. The highest BCUT2D eigenvalue weighted by Crippen LogP contribution is 2.29. The first-order valence-corrected chi connectivity index (χ1v) is 10.3. The van der Waals surface area contributed by atoms with E-state index in [1.807, 2.05) is 13.0 Å². The van der Waals surface area contributed by atoms with E-state index in [9.17, 15) is 4.79 Å². The first-order chi connectivity index (χ1) is 14.1. The van der Waals surface area contributed by atoms with Crippen molar-refractivity contribution in [1.29, 1.82) is 0 Å². The summed E-state index contributed by atoms with van der Waals surface area (Å²) in [5.41, 5.74) is 1.86. The third-order valence-electron chi connectivity index (χ3n) is 5.37. The molecule has 8 nitrogen and oxygen atoms in total. The molecule has 0 radical (unpaired) electrons. The maximum Gasteiger partial charge on any atom is 0.222 e. The SMILES string of the molecule is CC(=O)Nc1cc(C)c(-c2nc(N3CCCCC3)cc(N3CCOCC3)n2)cn1. The number of pyridine rings is 1. The number of morpholine rings is 1. The van der Waals surface area contributed by atoms with Crippen molar-refractivity contribution < 1.29 is 9.53 Å². The molecule has 0 aliphatic carbocycles. The van der Waals surface area contributed by atoms with Crippen LogP contribution in [-0.4, -0.2) is 60.3 Å². The summed E-state index contributed by atoms with van der Waals surface area (Å²) in [7, 11) is 0. The van der Waals surface area contributed by atoms with Crippen LogP contribution in [0.1, 0.15) is 31.7 Å². The van der Waals surface area contributed by atoms with Gasteiger partial charge < -0.3 is 19.9 Å². The number of carbonyl (C=O) groups is 1. The molecule has 0 spiro atoms. The smallest absolute Gasteiger partial charge is 0.222 e. The van der Waals surface area contributed by atoms with E-state index in [0.29, 0.717) is 24.9 Å². The summed E-state index contributed by atoms with van der Waals surface area (Å²) in [5, 5.41) is 2.73. The average molecular weight is 396 g/mol. The lowest BCUT2D eigenvalue weighted by Crippen LogP contribution is -2.37. The summed E-state index contributed by atoms with van der Waals surface area (Å²) in [5.74, 6) is 2.99. The predicted molar refractivity (Wildman–Crippen MR) is 113 cm³/mol. The van der Waals surface area contributed by atoms with Crippen LogP contribution in [0.4, 0.5) is 17.5 Å². The summed E-state index contributed by atoms with van der Waals surface area (Å²) in [6.07, 6.45) is 5.41. The van der Waals surface area contributed by atoms with E-state index >= 15 is 0 Å². The number of carbonyl (C=O) groups excluding carboxylic acids is 1. The topological polar surface area (TPSA) is 83.5 Å². The van der Waals surface area contributed by atoms with Crippen LogP contribution in [0.3, 0.4) is 0 Å². The van der Waals surface area contributed by atoms with Crippen LogP contribution in [0.25, 0.3) is 11.4 Å². The third-order valence-corrected chi connectivity index (χ3v) is 5.37. The van der Waals surface area contributed by atoms with Crippen LogP contribution < -0.4 is 15.1 Å². The zero-order valence-corrected chi connectivity index (χ0v) is 17.1. The van der Waals surface area contributed by atoms with Crippen molar-refractivity contribution in [1.82, 2.24) is 15.0 Å². The first kappa shape index (κ1) is 19.6. The number of rotatable bonds is 4. The second-order valence-electron chi connectivity index (χ2n) is 7.62. The number of nitrogens with zero attached hydrogens (tertiary/aromatic N) is 5. The van der Waals surface area contributed by atoms with E-state index in [2.05, 4.69) is 26.2 Å². The number of piperidine rings is 1. The van der Waals surface area contributed by atoms with Gasteiger partial charge in [0.1, 0.15) is 17.5 Å². The van der Waals surface area contributed by atoms with Crippen LogP contribution in [0.15, 0.2) is 18.3 Å². The molecule has 0 unspecified atom stereocenters. The normalized spacial score (nSPS) is 17.3. The third kappa shape index (κ3) is 4.64. The van der Waals surface area contributed by atoms with Gasteiger partial charge in [-0.05, 0) is 37.8 Å². The molecule has 1 N–H and O–H groups in total. The zero-order chi connectivity index (χ0) is 20.2. The Balaban J connectivity index is 1.72. The molecule has 154 valence electrons. The first-order valence-electron chi connectivity index (χ1n) is 10.3. The minimum absolute atomic E-state index is 0.136. The van der Waals surface area contributed by atoms with Gasteiger partial charge in [-0.3, -0.25) is 4.79 Å². The maximum absolute atomic E-state index is 11.3. The van der Waals surface area contributed by atoms with Crippen LogP contribution >= 0.6 is 0 Å². The van der Waals surface area contributed by atoms with E-state index in [1.54, 1.807) is 6.20 Å². The quantitative estimate of drug-likeness (QED) is 0.850. The zero-order valence-electron chi connectivity index (χ0n) is 17.1. The molecule has 1 amide bonds. The second-order valence-corrected chi connectivity index (χ2v) is 7.62. The van der Waals surface area contributed by atoms with Gasteiger partial charge >= 0.3 is 0 Å². The lowest BCUT2D eigenvalue weighted by molar-refractivity contribution is -0.114. The fraction of sp³-hybridized carbons (Fsp3) is 0.524. The van der Waals surface area contributed by atoms with Crippen LogP contribution in [-0.2, 0) is 9.53 Å². The summed E-state index contributed by atoms with van der Waals surface area (Å²) < 4.78 is 5.51. The van der Waals surface area contributed by atoms with Gasteiger partial charge in [-0.2, -0.15) is 0 Å². The molecule has 2 fully saturated rings. The lowest BCUT2D eigenvalue weighted by Gasteiger charge is -2.31. The molecule has 8 heteroatoms. The van der Waals surface area contributed by atoms with E-state index in [0.717, 1.165) is 48.9 Å². The van der Waals surface area contributed by atoms with Gasteiger partial charge in [-0.15, -0.1) is 0 Å². The van der Waals surface area contributed by atoms with E-state index in [4.69, 9.17) is 14.7 Å². The maximum atomic E-state index is 11.3. The summed E-state index contributed by atoms with van der Waals surface area (Å²) in [6.45, 7) is 8.60. The number of aryl methyl sites for hydroxylation is 1. The minimum atomic E-state index is -0.136. The highest BCUT2D eigenvalue weighted by molar-refractivity contribution is 5.88. The van der Waals surface area contributed by atoms with E-state index in [1.165, 1.54) is 26.2 Å². The molecule has 0 aromatic carbocycles. The highest BCUT2D eigenvalue weighted by atomic mass is 16.5. The molecule has 4 rings (SSSR count). The van der Waals surface area contributed by atoms with Crippen molar-refractivity contribution in [3.05, 3.63) is 23.9 Å². The molecule has 0 atom stereocenters. The van der Waals surface area contributed by atoms with Crippen molar-refractivity contribution in [2.24, 2.45) is 0 Å². The number of amides is 1. The van der Waals surface area contributed by atoms with Crippen molar-refractivity contribution in [2.75, 3.05) is 54.5 Å². The number of anilines is 3. The van der Waals surface area contributed by atoms with Gasteiger partial charge in [-0.25, -0.2) is 15.0 Å². The Labute approximate surface area is 171 Å². The van der Waals surface area contributed by atoms with Crippen LogP contribution in [0, 0.1) is 6.92 Å². The molecule has 0 saturated carbocycles. The van der Waals surface area contributed by atoms with E-state index < -0.39 is 0 Å². The number of nitrogens with one attached hydrogen (secondary N) is 1. The number of aromatic nitrogens is 3. The average Bonchev–Trinajstić information content (AvgIpc) is 2.74. The second kappa shape index (κ2) is 8.73. The fourth-order valence-electron chi connectivity index (χ4n) is 3.82. The molecule has 2 aliphatic heterocycles. The Hall–Kier alpha value is -2.74. The number of hydrogen-bond acceptors (Lipinski definition) is 7. The molecule has 0 bridgehead atoms. The Kier molecular flexibility index (Phi) is 5.89. The highest BCUT2D eigenvalue weighted by Gasteiger charge is 2.20. The fourth-order valence-corrected chi connectivity index (χ4v) is 3.82. The molecular weight excluding hydrogens is 368 g/mol. The van der Waals surface area contributed by atoms with Gasteiger partial charge in [0.2, 0.25) is 5.91 Å². The van der Waals surface area contributed by atoms with Gasteiger partial charge in [0.15, 0.2) is 5.82 Å². The molecule has 2 aromatic rings. The molecule has 2 aliphatic rings. The molecule has 29 heavy (non-hydrogen) atoms.